The van der Waals surface area contributed by atoms with E-state index in [4.69, 9.17) is 0 Å². The molecule has 0 aliphatic rings. The Morgan fingerprint density at radius 2 is 1.75 bits per heavy atom. The van der Waals surface area contributed by atoms with Crippen molar-refractivity contribution in [3.63, 3.8) is 0 Å². The SMILES string of the molecule is FC(F)Oc1cc2[nH]c(-c3cccc(Nc4ncc(-c5ccccn5)cn4)c3)nc2cn1. The van der Waals surface area contributed by atoms with Crippen LogP contribution in [0.1, 0.15) is 0 Å². The van der Waals surface area contributed by atoms with E-state index >= 15 is 0 Å². The summed E-state index contributed by atoms with van der Waals surface area (Å²) in [4.78, 5) is 24.4. The number of benzene rings is 1. The predicted octanol–water partition coefficient (Wildman–Crippen LogP) is 4.82. The van der Waals surface area contributed by atoms with Crippen LogP contribution in [0.3, 0.4) is 0 Å². The smallest absolute Gasteiger partial charge is 0.388 e. The van der Waals surface area contributed by atoms with E-state index in [0.29, 0.717) is 22.8 Å². The van der Waals surface area contributed by atoms with Gasteiger partial charge < -0.3 is 15.0 Å². The molecule has 2 N–H and O–H groups in total. The van der Waals surface area contributed by atoms with Crippen LogP contribution in [0, 0.1) is 0 Å². The first-order chi connectivity index (χ1) is 15.6. The van der Waals surface area contributed by atoms with Crippen LogP contribution in [-0.2, 0) is 0 Å². The van der Waals surface area contributed by atoms with E-state index in [9.17, 15) is 8.78 Å². The van der Waals surface area contributed by atoms with Crippen molar-refractivity contribution in [2.45, 2.75) is 6.61 Å². The van der Waals surface area contributed by atoms with Crippen molar-refractivity contribution in [3.8, 4) is 28.5 Å². The Morgan fingerprint density at radius 3 is 2.53 bits per heavy atom. The summed E-state index contributed by atoms with van der Waals surface area (Å²) in [5.74, 6) is 0.819. The Kier molecular flexibility index (Phi) is 5.08. The van der Waals surface area contributed by atoms with Crippen LogP contribution < -0.4 is 10.1 Å². The monoisotopic (exact) mass is 431 g/mol. The number of aromatic amines is 1. The summed E-state index contributed by atoms with van der Waals surface area (Å²) in [7, 11) is 0. The van der Waals surface area contributed by atoms with Gasteiger partial charge >= 0.3 is 6.61 Å². The molecule has 0 amide bonds. The Hall–Kier alpha value is -4.47. The number of H-pyrrole nitrogens is 1. The number of halogens is 2. The summed E-state index contributed by atoms with van der Waals surface area (Å²) in [5.41, 5.74) is 4.23. The first-order valence-electron chi connectivity index (χ1n) is 9.55. The van der Waals surface area contributed by atoms with Crippen molar-refractivity contribution >= 4 is 22.7 Å². The van der Waals surface area contributed by atoms with Crippen LogP contribution in [0.4, 0.5) is 20.4 Å². The number of rotatable bonds is 6. The molecule has 1 aromatic carbocycles. The van der Waals surface area contributed by atoms with Gasteiger partial charge in [-0.1, -0.05) is 18.2 Å². The van der Waals surface area contributed by atoms with Crippen LogP contribution in [0.2, 0.25) is 0 Å². The lowest BCUT2D eigenvalue weighted by atomic mass is 10.2. The Bertz CT molecular complexity index is 1360. The van der Waals surface area contributed by atoms with Gasteiger partial charge in [0.2, 0.25) is 11.8 Å². The molecule has 5 aromatic rings. The van der Waals surface area contributed by atoms with Gasteiger partial charge in [-0.3, -0.25) is 4.98 Å². The van der Waals surface area contributed by atoms with Crippen LogP contribution in [-0.4, -0.2) is 36.5 Å². The van der Waals surface area contributed by atoms with Gasteiger partial charge in [-0.2, -0.15) is 8.78 Å². The summed E-state index contributed by atoms with van der Waals surface area (Å²) in [6.07, 6.45) is 6.50. The Morgan fingerprint density at radius 1 is 0.875 bits per heavy atom. The van der Waals surface area contributed by atoms with Crippen molar-refractivity contribution in [2.24, 2.45) is 0 Å². The van der Waals surface area contributed by atoms with Gasteiger partial charge in [-0.15, -0.1) is 0 Å². The van der Waals surface area contributed by atoms with Gasteiger partial charge in [0, 0.05) is 41.5 Å². The number of hydrogen-bond donors (Lipinski definition) is 2. The van der Waals surface area contributed by atoms with Crippen LogP contribution >= 0.6 is 0 Å². The van der Waals surface area contributed by atoms with E-state index in [2.05, 4.69) is 40.0 Å². The Labute approximate surface area is 180 Å². The van der Waals surface area contributed by atoms with E-state index in [1.54, 1.807) is 18.6 Å². The number of nitrogens with zero attached hydrogens (tertiary/aromatic N) is 5. The number of fused-ring (bicyclic) bond motifs is 1. The molecule has 0 aliphatic carbocycles. The van der Waals surface area contributed by atoms with E-state index < -0.39 is 6.61 Å². The number of hydrogen-bond acceptors (Lipinski definition) is 7. The molecule has 0 saturated carbocycles. The molecule has 0 bridgehead atoms. The minimum Gasteiger partial charge on any atom is -0.417 e. The highest BCUT2D eigenvalue weighted by Gasteiger charge is 2.11. The summed E-state index contributed by atoms with van der Waals surface area (Å²) < 4.78 is 29.2. The van der Waals surface area contributed by atoms with Gasteiger partial charge in [-0.25, -0.2) is 19.9 Å². The quantitative estimate of drug-likeness (QED) is 0.397. The lowest BCUT2D eigenvalue weighted by Crippen LogP contribution is -2.03. The second kappa shape index (κ2) is 8.34. The van der Waals surface area contributed by atoms with Crippen molar-refractivity contribution in [2.75, 3.05) is 5.32 Å². The second-order valence-corrected chi connectivity index (χ2v) is 6.72. The molecular weight excluding hydrogens is 416 g/mol. The number of imidazole rings is 1. The zero-order valence-electron chi connectivity index (χ0n) is 16.4. The van der Waals surface area contributed by atoms with E-state index in [1.807, 2.05) is 42.5 Å². The molecule has 0 unspecified atom stereocenters. The molecule has 0 aliphatic heterocycles. The van der Waals surface area contributed by atoms with Crippen LogP contribution in [0.5, 0.6) is 5.88 Å². The molecular formula is C22H15F2N7O. The molecule has 0 atom stereocenters. The highest BCUT2D eigenvalue weighted by Crippen LogP contribution is 2.26. The number of anilines is 2. The third-order valence-electron chi connectivity index (χ3n) is 4.56. The summed E-state index contributed by atoms with van der Waals surface area (Å²) in [6.45, 7) is -2.94. The minimum absolute atomic E-state index is 0.176. The molecule has 8 nitrogen and oxygen atoms in total. The molecule has 0 radical (unpaired) electrons. The number of aromatic nitrogens is 6. The fourth-order valence-corrected chi connectivity index (χ4v) is 3.12. The minimum atomic E-state index is -2.94. The summed E-state index contributed by atoms with van der Waals surface area (Å²) in [5, 5.41) is 3.16. The number of nitrogens with one attached hydrogen (secondary N) is 2. The molecule has 10 heteroatoms. The van der Waals surface area contributed by atoms with Crippen LogP contribution in [0.15, 0.2) is 73.3 Å². The van der Waals surface area contributed by atoms with Gasteiger partial charge in [0.15, 0.2) is 0 Å². The predicted molar refractivity (Wildman–Crippen MR) is 115 cm³/mol. The fraction of sp³-hybridized carbons (Fsp3) is 0.0455. The zero-order chi connectivity index (χ0) is 21.9. The molecule has 158 valence electrons. The van der Waals surface area contributed by atoms with Gasteiger partial charge in [0.05, 0.1) is 17.4 Å². The summed E-state index contributed by atoms with van der Waals surface area (Å²) >= 11 is 0. The third-order valence-corrected chi connectivity index (χ3v) is 4.56. The molecule has 4 heterocycles. The number of pyridine rings is 2. The number of ether oxygens (including phenoxy) is 1. The first-order valence-corrected chi connectivity index (χ1v) is 9.55. The van der Waals surface area contributed by atoms with Gasteiger partial charge in [0.1, 0.15) is 11.3 Å². The highest BCUT2D eigenvalue weighted by molar-refractivity contribution is 5.80. The Balaban J connectivity index is 1.36. The van der Waals surface area contributed by atoms with Crippen molar-refractivity contribution in [3.05, 3.63) is 73.3 Å². The topological polar surface area (TPSA) is 102 Å². The zero-order valence-corrected chi connectivity index (χ0v) is 16.4. The van der Waals surface area contributed by atoms with E-state index in [1.165, 1.54) is 12.3 Å². The normalized spacial score (nSPS) is 11.1. The van der Waals surface area contributed by atoms with Gasteiger partial charge in [-0.05, 0) is 24.3 Å². The van der Waals surface area contributed by atoms with Crippen LogP contribution in [0.25, 0.3) is 33.7 Å². The molecule has 5 rings (SSSR count). The standard InChI is InChI=1S/C22H15F2N7O/c23-21(24)32-19-9-17-18(12-26-19)31-20(30-17)13-4-3-5-15(8-13)29-22-27-10-14(11-28-22)16-6-1-2-7-25-16/h1-12,21H,(H,30,31)(H,27,28,29). The average Bonchev–Trinajstić information content (AvgIpc) is 3.24. The van der Waals surface area contributed by atoms with E-state index in [-0.39, 0.29) is 5.88 Å². The number of alkyl halides is 2. The second-order valence-electron chi connectivity index (χ2n) is 6.72. The lowest BCUT2D eigenvalue weighted by Gasteiger charge is -2.07. The molecule has 0 saturated heterocycles. The molecule has 4 aromatic heterocycles. The fourth-order valence-electron chi connectivity index (χ4n) is 3.12. The average molecular weight is 431 g/mol. The third kappa shape index (κ3) is 4.19. The summed E-state index contributed by atoms with van der Waals surface area (Å²) in [6, 6.07) is 14.5. The van der Waals surface area contributed by atoms with Crippen molar-refractivity contribution < 1.29 is 13.5 Å². The first kappa shape index (κ1) is 19.5. The maximum atomic E-state index is 12.4. The van der Waals surface area contributed by atoms with Crippen molar-refractivity contribution in [1.29, 1.82) is 0 Å². The van der Waals surface area contributed by atoms with E-state index in [0.717, 1.165) is 22.5 Å². The maximum Gasteiger partial charge on any atom is 0.388 e. The molecule has 0 spiro atoms. The maximum absolute atomic E-state index is 12.4. The van der Waals surface area contributed by atoms with Gasteiger partial charge in [0.25, 0.3) is 0 Å². The molecule has 0 fully saturated rings. The lowest BCUT2D eigenvalue weighted by molar-refractivity contribution is -0.0527. The largest absolute Gasteiger partial charge is 0.417 e. The molecule has 32 heavy (non-hydrogen) atoms. The van der Waals surface area contributed by atoms with Crippen molar-refractivity contribution in [1.82, 2.24) is 29.9 Å². The highest BCUT2D eigenvalue weighted by atomic mass is 19.3.